The molecule has 3 unspecified atom stereocenters. The second kappa shape index (κ2) is 7.98. The zero-order valence-electron chi connectivity index (χ0n) is 12.5. The van der Waals surface area contributed by atoms with Gasteiger partial charge in [-0.1, -0.05) is 30.3 Å². The van der Waals surface area contributed by atoms with E-state index >= 15 is 0 Å². The Labute approximate surface area is 125 Å². The summed E-state index contributed by atoms with van der Waals surface area (Å²) >= 11 is 0. The number of hydrogen-bond donors (Lipinski definition) is 2. The second-order valence-corrected chi connectivity index (χ2v) is 5.19. The van der Waals surface area contributed by atoms with Gasteiger partial charge in [0.05, 0.1) is 31.1 Å². The molecule has 2 N–H and O–H groups in total. The molecule has 1 heterocycles. The predicted molar refractivity (Wildman–Crippen MR) is 81.9 cm³/mol. The Hall–Kier alpha value is -1.62. The molecule has 3 atom stereocenters. The number of furan rings is 1. The number of hydrogen-bond acceptors (Lipinski definition) is 4. The summed E-state index contributed by atoms with van der Waals surface area (Å²) in [6.07, 6.45) is 1.08. The highest BCUT2D eigenvalue weighted by atomic mass is 16.5. The van der Waals surface area contributed by atoms with Crippen molar-refractivity contribution in [2.75, 3.05) is 13.2 Å². The minimum absolute atomic E-state index is 0.0247. The molecule has 4 nitrogen and oxygen atoms in total. The summed E-state index contributed by atoms with van der Waals surface area (Å²) < 4.78 is 11.0. The maximum absolute atomic E-state index is 9.97. The minimum atomic E-state index is -0.548. The summed E-state index contributed by atoms with van der Waals surface area (Å²) in [7, 11) is 0. The lowest BCUT2D eigenvalue weighted by Crippen LogP contribution is -2.32. The van der Waals surface area contributed by atoms with Gasteiger partial charge in [0.2, 0.25) is 0 Å². The van der Waals surface area contributed by atoms with Crippen LogP contribution in [-0.4, -0.2) is 24.4 Å². The van der Waals surface area contributed by atoms with Gasteiger partial charge in [0, 0.05) is 6.54 Å². The third-order valence-corrected chi connectivity index (χ3v) is 3.44. The van der Waals surface area contributed by atoms with Crippen molar-refractivity contribution in [2.45, 2.75) is 32.1 Å². The standard InChI is InChI=1S/C17H23NO3/c1-13(17-9-6-10-20-17)18-11-16(19)12-21-14(2)15-7-4-3-5-8-15/h3-10,13-14,16,18-19H,11-12H2,1-2H3. The number of rotatable bonds is 8. The Bertz CT molecular complexity index is 498. The highest BCUT2D eigenvalue weighted by Crippen LogP contribution is 2.16. The van der Waals surface area contributed by atoms with Crippen LogP contribution in [0.3, 0.4) is 0 Å². The van der Waals surface area contributed by atoms with Crippen LogP contribution < -0.4 is 5.32 Å². The first-order chi connectivity index (χ1) is 10.2. The molecule has 0 saturated heterocycles. The summed E-state index contributed by atoms with van der Waals surface area (Å²) in [5, 5.41) is 13.2. The molecular weight excluding hydrogens is 266 g/mol. The van der Waals surface area contributed by atoms with E-state index in [9.17, 15) is 5.11 Å². The predicted octanol–water partition coefficient (Wildman–Crippen LogP) is 3.07. The fourth-order valence-electron chi connectivity index (χ4n) is 2.09. The Kier molecular flexibility index (Phi) is 5.99. The van der Waals surface area contributed by atoms with Gasteiger partial charge in [0.1, 0.15) is 5.76 Å². The molecule has 0 amide bonds. The van der Waals surface area contributed by atoms with E-state index in [1.54, 1.807) is 6.26 Å². The number of ether oxygens (including phenoxy) is 1. The highest BCUT2D eigenvalue weighted by Gasteiger charge is 2.12. The number of benzene rings is 1. The second-order valence-electron chi connectivity index (χ2n) is 5.19. The quantitative estimate of drug-likeness (QED) is 0.784. The van der Waals surface area contributed by atoms with Gasteiger partial charge in [-0.15, -0.1) is 0 Å². The lowest BCUT2D eigenvalue weighted by Gasteiger charge is -2.18. The molecule has 114 valence electrons. The first-order valence-corrected chi connectivity index (χ1v) is 7.28. The maximum atomic E-state index is 9.97. The van der Waals surface area contributed by atoms with E-state index in [2.05, 4.69) is 5.32 Å². The average molecular weight is 289 g/mol. The van der Waals surface area contributed by atoms with Crippen molar-refractivity contribution in [2.24, 2.45) is 0 Å². The molecule has 1 aromatic heterocycles. The van der Waals surface area contributed by atoms with E-state index in [1.807, 2.05) is 56.3 Å². The molecule has 0 aliphatic rings. The molecule has 1 aromatic carbocycles. The summed E-state index contributed by atoms with van der Waals surface area (Å²) in [6.45, 7) is 4.75. The van der Waals surface area contributed by atoms with Crippen LogP contribution >= 0.6 is 0 Å². The third kappa shape index (κ3) is 5.01. The van der Waals surface area contributed by atoms with Crippen LogP contribution in [0, 0.1) is 0 Å². The zero-order chi connectivity index (χ0) is 15.1. The van der Waals surface area contributed by atoms with E-state index < -0.39 is 6.10 Å². The molecule has 0 saturated carbocycles. The van der Waals surface area contributed by atoms with Crippen LogP contribution in [0.2, 0.25) is 0 Å². The summed E-state index contributed by atoms with van der Waals surface area (Å²) in [5.41, 5.74) is 1.11. The average Bonchev–Trinajstić information content (AvgIpc) is 3.05. The molecule has 21 heavy (non-hydrogen) atoms. The summed E-state index contributed by atoms with van der Waals surface area (Å²) in [5.74, 6) is 0.862. The summed E-state index contributed by atoms with van der Waals surface area (Å²) in [6, 6.07) is 13.8. The van der Waals surface area contributed by atoms with Crippen molar-refractivity contribution in [1.82, 2.24) is 5.32 Å². The van der Waals surface area contributed by atoms with Gasteiger partial charge in [0.15, 0.2) is 0 Å². The molecule has 2 aromatic rings. The van der Waals surface area contributed by atoms with Gasteiger partial charge < -0.3 is 19.6 Å². The molecule has 0 bridgehead atoms. The molecule has 0 aliphatic heterocycles. The van der Waals surface area contributed by atoms with E-state index in [4.69, 9.17) is 9.15 Å². The number of nitrogens with one attached hydrogen (secondary N) is 1. The SMILES string of the molecule is CC(NCC(O)COC(C)c1ccccc1)c1ccco1. The van der Waals surface area contributed by atoms with Gasteiger partial charge in [-0.3, -0.25) is 0 Å². The van der Waals surface area contributed by atoms with Crippen LogP contribution in [0.25, 0.3) is 0 Å². The Balaban J connectivity index is 1.69. The lowest BCUT2D eigenvalue weighted by molar-refractivity contribution is -0.00294. The molecule has 0 radical (unpaired) electrons. The van der Waals surface area contributed by atoms with Crippen molar-refractivity contribution in [3.63, 3.8) is 0 Å². The van der Waals surface area contributed by atoms with Crippen molar-refractivity contribution in [3.05, 3.63) is 60.1 Å². The first-order valence-electron chi connectivity index (χ1n) is 7.28. The van der Waals surface area contributed by atoms with E-state index in [0.29, 0.717) is 13.2 Å². The zero-order valence-corrected chi connectivity index (χ0v) is 12.5. The summed E-state index contributed by atoms with van der Waals surface area (Å²) in [4.78, 5) is 0. The third-order valence-electron chi connectivity index (χ3n) is 3.44. The monoisotopic (exact) mass is 289 g/mol. The van der Waals surface area contributed by atoms with Gasteiger partial charge in [-0.05, 0) is 31.5 Å². The molecule has 0 aliphatic carbocycles. The smallest absolute Gasteiger partial charge is 0.120 e. The largest absolute Gasteiger partial charge is 0.468 e. The van der Waals surface area contributed by atoms with Gasteiger partial charge >= 0.3 is 0 Å². The maximum Gasteiger partial charge on any atom is 0.120 e. The van der Waals surface area contributed by atoms with Crippen LogP contribution in [-0.2, 0) is 4.74 Å². The lowest BCUT2D eigenvalue weighted by atomic mass is 10.1. The number of aliphatic hydroxyl groups is 1. The number of aliphatic hydroxyl groups excluding tert-OH is 1. The Morgan fingerprint density at radius 2 is 1.90 bits per heavy atom. The van der Waals surface area contributed by atoms with Crippen LogP contribution in [0.15, 0.2) is 53.1 Å². The van der Waals surface area contributed by atoms with Gasteiger partial charge in [-0.2, -0.15) is 0 Å². The van der Waals surface area contributed by atoms with Crippen molar-refractivity contribution < 1.29 is 14.3 Å². The van der Waals surface area contributed by atoms with Crippen molar-refractivity contribution in [1.29, 1.82) is 0 Å². The Morgan fingerprint density at radius 1 is 1.14 bits per heavy atom. The topological polar surface area (TPSA) is 54.6 Å². The molecule has 4 heteroatoms. The van der Waals surface area contributed by atoms with Crippen molar-refractivity contribution in [3.8, 4) is 0 Å². The van der Waals surface area contributed by atoms with E-state index in [0.717, 1.165) is 11.3 Å². The minimum Gasteiger partial charge on any atom is -0.468 e. The highest BCUT2D eigenvalue weighted by molar-refractivity contribution is 5.16. The first kappa shape index (κ1) is 15.8. The fourth-order valence-corrected chi connectivity index (χ4v) is 2.09. The van der Waals surface area contributed by atoms with Crippen molar-refractivity contribution >= 4 is 0 Å². The van der Waals surface area contributed by atoms with E-state index in [-0.39, 0.29) is 12.1 Å². The fraction of sp³-hybridized carbons (Fsp3) is 0.412. The van der Waals surface area contributed by atoms with Gasteiger partial charge in [0.25, 0.3) is 0 Å². The molecule has 0 spiro atoms. The van der Waals surface area contributed by atoms with Crippen LogP contribution in [0.4, 0.5) is 0 Å². The van der Waals surface area contributed by atoms with Crippen LogP contribution in [0.1, 0.15) is 37.3 Å². The Morgan fingerprint density at radius 3 is 2.57 bits per heavy atom. The molecular formula is C17H23NO3. The molecule has 0 fully saturated rings. The van der Waals surface area contributed by atoms with Gasteiger partial charge in [-0.25, -0.2) is 0 Å². The van der Waals surface area contributed by atoms with E-state index in [1.165, 1.54) is 0 Å². The normalized spacial score (nSPS) is 15.6. The molecule has 2 rings (SSSR count). The van der Waals surface area contributed by atoms with Crippen LogP contribution in [0.5, 0.6) is 0 Å².